The lowest BCUT2D eigenvalue weighted by Crippen LogP contribution is -2.40. The van der Waals surface area contributed by atoms with E-state index in [1.165, 1.54) is 24.3 Å². The van der Waals surface area contributed by atoms with Gasteiger partial charge in [-0.1, -0.05) is 30.3 Å². The highest BCUT2D eigenvalue weighted by molar-refractivity contribution is 5.78. The van der Waals surface area contributed by atoms with Gasteiger partial charge in [-0.05, 0) is 24.3 Å². The van der Waals surface area contributed by atoms with Crippen LogP contribution in [-0.2, 0) is 14.3 Å². The highest BCUT2D eigenvalue weighted by atomic mass is 19.4. The first-order chi connectivity index (χ1) is 12.3. The average molecular weight is 373 g/mol. The van der Waals surface area contributed by atoms with E-state index in [2.05, 4.69) is 5.32 Å². The molecule has 8 heteroatoms. The van der Waals surface area contributed by atoms with Gasteiger partial charge in [-0.2, -0.15) is 13.2 Å². The Morgan fingerprint density at radius 2 is 1.81 bits per heavy atom. The molecule has 2 N–H and O–H groups in total. The standard InChI is InChI=1S/C18H22F3NO4/c19-18(20,21)15(13-4-2-1-3-5-13)10-16(23)22-11-14(17(24)25)12-6-8-26-9-7-12/h1-5,12,14-15H,6-11H2,(H,22,23)(H,24,25). The van der Waals surface area contributed by atoms with Crippen molar-refractivity contribution in [2.75, 3.05) is 19.8 Å². The van der Waals surface area contributed by atoms with E-state index in [1.807, 2.05) is 0 Å². The zero-order valence-corrected chi connectivity index (χ0v) is 14.2. The van der Waals surface area contributed by atoms with Crippen LogP contribution in [-0.4, -0.2) is 42.9 Å². The van der Waals surface area contributed by atoms with Gasteiger partial charge in [0.1, 0.15) is 0 Å². The number of carboxylic acids is 1. The molecule has 0 radical (unpaired) electrons. The first kappa shape index (κ1) is 20.2. The van der Waals surface area contributed by atoms with E-state index < -0.39 is 36.3 Å². The molecule has 1 saturated heterocycles. The van der Waals surface area contributed by atoms with E-state index in [0.717, 1.165) is 0 Å². The van der Waals surface area contributed by atoms with Crippen LogP contribution in [0.25, 0.3) is 0 Å². The van der Waals surface area contributed by atoms with E-state index in [1.54, 1.807) is 6.07 Å². The van der Waals surface area contributed by atoms with Crippen molar-refractivity contribution in [2.24, 2.45) is 11.8 Å². The van der Waals surface area contributed by atoms with Crippen LogP contribution >= 0.6 is 0 Å². The maximum absolute atomic E-state index is 13.3. The van der Waals surface area contributed by atoms with Crippen LogP contribution in [0, 0.1) is 11.8 Å². The van der Waals surface area contributed by atoms with Crippen LogP contribution in [0.2, 0.25) is 0 Å². The third kappa shape index (κ3) is 5.72. The Bertz CT molecular complexity index is 600. The topological polar surface area (TPSA) is 75.6 Å². The number of carbonyl (C=O) groups is 2. The van der Waals surface area contributed by atoms with Crippen molar-refractivity contribution in [1.82, 2.24) is 5.32 Å². The summed E-state index contributed by atoms with van der Waals surface area (Å²) in [6, 6.07) is 7.22. The molecule has 0 bridgehead atoms. The molecule has 1 aromatic carbocycles. The van der Waals surface area contributed by atoms with E-state index in [4.69, 9.17) is 4.74 Å². The van der Waals surface area contributed by atoms with Crippen LogP contribution in [0.15, 0.2) is 30.3 Å². The quantitative estimate of drug-likeness (QED) is 0.771. The third-order valence-electron chi connectivity index (χ3n) is 4.66. The SMILES string of the molecule is O=C(CC(c1ccccc1)C(F)(F)F)NCC(C(=O)O)C1CCOCC1. The number of nitrogens with one attached hydrogen (secondary N) is 1. The smallest absolute Gasteiger partial charge is 0.396 e. The highest BCUT2D eigenvalue weighted by Crippen LogP contribution is 2.37. The Morgan fingerprint density at radius 1 is 1.19 bits per heavy atom. The molecule has 1 heterocycles. The summed E-state index contributed by atoms with van der Waals surface area (Å²) in [5.74, 6) is -4.78. The van der Waals surface area contributed by atoms with Crippen molar-refractivity contribution >= 4 is 11.9 Å². The molecule has 0 saturated carbocycles. The van der Waals surface area contributed by atoms with Crippen molar-refractivity contribution in [3.8, 4) is 0 Å². The number of halogens is 3. The summed E-state index contributed by atoms with van der Waals surface area (Å²) < 4.78 is 45.1. The molecule has 5 nitrogen and oxygen atoms in total. The van der Waals surface area contributed by atoms with Gasteiger partial charge >= 0.3 is 12.1 Å². The Kier molecular flexibility index (Phi) is 7.02. The molecule has 144 valence electrons. The molecule has 2 rings (SSSR count). The normalized spacial score (nSPS) is 18.1. The molecule has 1 amide bonds. The van der Waals surface area contributed by atoms with E-state index in [0.29, 0.717) is 26.1 Å². The second-order valence-electron chi connectivity index (χ2n) is 6.41. The summed E-state index contributed by atoms with van der Waals surface area (Å²) in [6.45, 7) is 0.720. The molecular formula is C18H22F3NO4. The second-order valence-corrected chi connectivity index (χ2v) is 6.41. The average Bonchev–Trinajstić information content (AvgIpc) is 2.60. The van der Waals surface area contributed by atoms with Crippen LogP contribution in [0.3, 0.4) is 0 Å². The minimum atomic E-state index is -4.56. The largest absolute Gasteiger partial charge is 0.481 e. The number of hydrogen-bond acceptors (Lipinski definition) is 3. The Morgan fingerprint density at radius 3 is 2.35 bits per heavy atom. The van der Waals surface area contributed by atoms with Crippen LogP contribution in [0.5, 0.6) is 0 Å². The first-order valence-corrected chi connectivity index (χ1v) is 8.48. The van der Waals surface area contributed by atoms with Gasteiger partial charge in [0.05, 0.1) is 11.8 Å². The Balaban J connectivity index is 1.97. The number of rotatable bonds is 7. The molecule has 1 aliphatic heterocycles. The van der Waals surface area contributed by atoms with E-state index in [9.17, 15) is 27.9 Å². The lowest BCUT2D eigenvalue weighted by Gasteiger charge is -2.28. The van der Waals surface area contributed by atoms with Crippen molar-refractivity contribution in [2.45, 2.75) is 31.4 Å². The monoisotopic (exact) mass is 373 g/mol. The second kappa shape index (κ2) is 9.02. The van der Waals surface area contributed by atoms with Gasteiger partial charge in [-0.25, -0.2) is 0 Å². The van der Waals surface area contributed by atoms with Crippen LogP contribution < -0.4 is 5.32 Å². The minimum Gasteiger partial charge on any atom is -0.481 e. The summed E-state index contributed by atoms with van der Waals surface area (Å²) in [5, 5.41) is 11.7. The number of hydrogen-bond donors (Lipinski definition) is 2. The fraction of sp³-hybridized carbons (Fsp3) is 0.556. The summed E-state index contributed by atoms with van der Waals surface area (Å²) in [6.07, 6.45) is -4.22. The van der Waals surface area contributed by atoms with E-state index in [-0.39, 0.29) is 18.0 Å². The lowest BCUT2D eigenvalue weighted by atomic mass is 9.86. The van der Waals surface area contributed by atoms with Gasteiger partial charge in [-0.3, -0.25) is 9.59 Å². The molecule has 0 aromatic heterocycles. The molecule has 1 aromatic rings. The number of alkyl halides is 3. The predicted molar refractivity (Wildman–Crippen MR) is 87.5 cm³/mol. The molecule has 1 fully saturated rings. The van der Waals surface area contributed by atoms with Crippen molar-refractivity contribution < 1.29 is 32.6 Å². The Labute approximate surface area is 149 Å². The molecule has 26 heavy (non-hydrogen) atoms. The maximum atomic E-state index is 13.3. The maximum Gasteiger partial charge on any atom is 0.396 e. The van der Waals surface area contributed by atoms with Crippen LogP contribution in [0.4, 0.5) is 13.2 Å². The number of benzene rings is 1. The van der Waals surface area contributed by atoms with Gasteiger partial charge in [0.2, 0.25) is 5.91 Å². The highest BCUT2D eigenvalue weighted by Gasteiger charge is 2.42. The van der Waals surface area contributed by atoms with Crippen LogP contribution in [0.1, 0.15) is 30.7 Å². The number of aliphatic carboxylic acids is 1. The van der Waals surface area contributed by atoms with Gasteiger partial charge in [0.15, 0.2) is 0 Å². The fourth-order valence-corrected chi connectivity index (χ4v) is 3.16. The summed E-state index contributed by atoms with van der Waals surface area (Å²) in [5.41, 5.74) is 0.00867. The summed E-state index contributed by atoms with van der Waals surface area (Å²) in [7, 11) is 0. The third-order valence-corrected chi connectivity index (χ3v) is 4.66. The molecular weight excluding hydrogens is 351 g/mol. The number of amides is 1. The summed E-state index contributed by atoms with van der Waals surface area (Å²) in [4.78, 5) is 23.5. The predicted octanol–water partition coefficient (Wildman–Crippen LogP) is 2.97. The molecule has 2 atom stereocenters. The number of carbonyl (C=O) groups excluding carboxylic acids is 1. The lowest BCUT2D eigenvalue weighted by molar-refractivity contribution is -0.157. The van der Waals surface area contributed by atoms with Gasteiger partial charge in [-0.15, -0.1) is 0 Å². The van der Waals surface area contributed by atoms with E-state index >= 15 is 0 Å². The molecule has 2 unspecified atom stereocenters. The van der Waals surface area contributed by atoms with Crippen molar-refractivity contribution in [3.05, 3.63) is 35.9 Å². The molecule has 1 aliphatic rings. The van der Waals surface area contributed by atoms with Gasteiger partial charge < -0.3 is 15.2 Å². The minimum absolute atomic E-state index is 0.00867. The summed E-state index contributed by atoms with van der Waals surface area (Å²) >= 11 is 0. The zero-order valence-electron chi connectivity index (χ0n) is 14.2. The number of carboxylic acid groups (broad SMARTS) is 1. The zero-order chi connectivity index (χ0) is 19.2. The van der Waals surface area contributed by atoms with Gasteiger partial charge in [0, 0.05) is 26.2 Å². The Hall–Kier alpha value is -2.09. The molecule has 0 aliphatic carbocycles. The molecule has 0 spiro atoms. The first-order valence-electron chi connectivity index (χ1n) is 8.48. The fourth-order valence-electron chi connectivity index (χ4n) is 3.16. The van der Waals surface area contributed by atoms with Crippen molar-refractivity contribution in [3.63, 3.8) is 0 Å². The van der Waals surface area contributed by atoms with Gasteiger partial charge in [0.25, 0.3) is 0 Å². The number of ether oxygens (including phenoxy) is 1. The van der Waals surface area contributed by atoms with Crippen molar-refractivity contribution in [1.29, 1.82) is 0 Å².